The Bertz CT molecular complexity index is 2330. The molecule has 0 aromatic heterocycles. The van der Waals surface area contributed by atoms with E-state index < -0.39 is 113 Å². The van der Waals surface area contributed by atoms with Crippen LogP contribution in [0.25, 0.3) is 0 Å². The number of rotatable bonds is 10. The molecule has 3 aliphatic carbocycles. The first-order chi connectivity index (χ1) is 29.7. The topological polar surface area (TPSA) is 242 Å². The summed E-state index contributed by atoms with van der Waals surface area (Å²) in [4.78, 5) is 83.5. The smallest absolute Gasteiger partial charge is 0.338 e. The third kappa shape index (κ3) is 7.58. The van der Waals surface area contributed by atoms with E-state index in [4.69, 9.17) is 23.7 Å². The Morgan fingerprint density at radius 1 is 0.841 bits per heavy atom. The SMILES string of the molecule is CC(=O)O[C@H]1C(=O)[C@@]2(C)C(C(OC(=O)c3ccccc3)[C@]3(O)C[C@H](OC(=O)[C@H](O)[C@@H](NC(=O)c4ccc(O)cc4)c4ccccc4)C(C)=C1C3(C)C)[C@]1(OC(C)=O)CO[C@@H]1C[C@@H]2O. The second-order valence-electron chi connectivity index (χ2n) is 17.5. The molecule has 16 nitrogen and oxygen atoms in total. The summed E-state index contributed by atoms with van der Waals surface area (Å²) in [6, 6.07) is 19.8. The second kappa shape index (κ2) is 16.6. The van der Waals surface area contributed by atoms with Crippen molar-refractivity contribution in [2.45, 2.75) is 108 Å². The van der Waals surface area contributed by atoms with Crippen molar-refractivity contribution in [3.8, 4) is 5.75 Å². The third-order valence-corrected chi connectivity index (χ3v) is 13.6. The number of nitrogens with one attached hydrogen (secondary N) is 1. The summed E-state index contributed by atoms with van der Waals surface area (Å²) in [5.74, 6) is -7.15. The van der Waals surface area contributed by atoms with E-state index in [1.807, 2.05) is 0 Å². The number of aliphatic hydroxyl groups is 3. The fourth-order valence-corrected chi connectivity index (χ4v) is 10.2. The van der Waals surface area contributed by atoms with E-state index in [9.17, 15) is 44.4 Å². The molecule has 0 spiro atoms. The number of esters is 4. The number of hydrogen-bond donors (Lipinski definition) is 5. The zero-order valence-electron chi connectivity index (χ0n) is 35.6. The highest BCUT2D eigenvalue weighted by molar-refractivity contribution is 5.96. The first-order valence-electron chi connectivity index (χ1n) is 20.6. The van der Waals surface area contributed by atoms with Gasteiger partial charge in [-0.3, -0.25) is 19.2 Å². The zero-order valence-corrected chi connectivity index (χ0v) is 35.6. The van der Waals surface area contributed by atoms with Crippen LogP contribution < -0.4 is 5.32 Å². The lowest BCUT2D eigenvalue weighted by molar-refractivity contribution is -0.346. The van der Waals surface area contributed by atoms with E-state index in [-0.39, 0.29) is 41.1 Å². The number of carbonyl (C=O) groups is 6. The Labute approximate surface area is 363 Å². The second-order valence-corrected chi connectivity index (χ2v) is 17.5. The van der Waals surface area contributed by atoms with Crippen molar-refractivity contribution in [3.63, 3.8) is 0 Å². The molecule has 2 saturated carbocycles. The van der Waals surface area contributed by atoms with Gasteiger partial charge < -0.3 is 49.4 Å². The number of phenols is 1. The standard InChI is InChI=1S/C47H51NO15/c1-24-31(61-43(57)36(53)35(27-13-9-7-10-14-27)48-41(55)28-17-19-30(51)20-18-28)22-47(58)40(62-42(56)29-15-11-8-12-16-29)38-45(6,32(52)21-33-46(38,23-59-33)63-26(3)50)39(54)37(60-25(2)49)34(24)44(47,4)5/h7-20,31-33,35-38,40,51-53,58H,21-23H2,1-6H3,(H,48,55)/t31-,32-,33+,35-,36+,37+,38?,40?,45+,46-,47+/m0/s1. The Morgan fingerprint density at radius 3 is 2.03 bits per heavy atom. The van der Waals surface area contributed by atoms with Gasteiger partial charge in [-0.2, -0.15) is 0 Å². The molecule has 63 heavy (non-hydrogen) atoms. The first kappa shape index (κ1) is 45.1. The normalized spacial score (nSPS) is 31.5. The number of Topliss-reactive ketones (excluding diaryl/α,β-unsaturated/α-hetero) is 1. The van der Waals surface area contributed by atoms with Gasteiger partial charge in [-0.05, 0) is 67.0 Å². The zero-order chi connectivity index (χ0) is 45.8. The molecule has 334 valence electrons. The highest BCUT2D eigenvalue weighted by atomic mass is 16.6. The predicted octanol–water partition coefficient (Wildman–Crippen LogP) is 3.44. The first-order valence-corrected chi connectivity index (χ1v) is 20.6. The number of hydrogen-bond acceptors (Lipinski definition) is 15. The number of carbonyl (C=O) groups excluding carboxylic acids is 6. The van der Waals surface area contributed by atoms with Crippen LogP contribution in [0.4, 0.5) is 0 Å². The summed E-state index contributed by atoms with van der Waals surface area (Å²) >= 11 is 0. The average molecular weight is 870 g/mol. The number of ether oxygens (including phenoxy) is 5. The van der Waals surface area contributed by atoms with Crippen LogP contribution >= 0.6 is 0 Å². The number of phenolic OH excluding ortho intramolecular Hbond substituents is 1. The lowest BCUT2D eigenvalue weighted by Gasteiger charge is -2.67. The van der Waals surface area contributed by atoms with Crippen LogP contribution in [-0.4, -0.2) is 110 Å². The molecule has 0 radical (unpaired) electrons. The minimum absolute atomic E-state index is 0.0230. The van der Waals surface area contributed by atoms with Gasteiger partial charge in [-0.15, -0.1) is 0 Å². The maximum absolute atomic E-state index is 15.5. The van der Waals surface area contributed by atoms with Crippen LogP contribution in [0.2, 0.25) is 0 Å². The number of benzene rings is 3. The highest BCUT2D eigenvalue weighted by Crippen LogP contribution is 2.64. The number of amides is 1. The molecular formula is C47H51NO15. The van der Waals surface area contributed by atoms with Crippen LogP contribution in [-0.2, 0) is 42.9 Å². The molecule has 16 heteroatoms. The van der Waals surface area contributed by atoms with E-state index in [1.54, 1.807) is 62.4 Å². The lowest BCUT2D eigenvalue weighted by Crippen LogP contribution is -2.82. The van der Waals surface area contributed by atoms with Gasteiger partial charge in [0.1, 0.15) is 29.7 Å². The summed E-state index contributed by atoms with van der Waals surface area (Å²) < 4.78 is 30.2. The maximum atomic E-state index is 15.5. The fourth-order valence-electron chi connectivity index (χ4n) is 10.2. The Balaban J connectivity index is 1.38. The van der Waals surface area contributed by atoms with Crippen molar-refractivity contribution in [3.05, 3.63) is 113 Å². The van der Waals surface area contributed by atoms with Crippen LogP contribution in [0.1, 0.15) is 86.7 Å². The molecule has 3 aromatic carbocycles. The minimum Gasteiger partial charge on any atom is -0.508 e. The largest absolute Gasteiger partial charge is 0.508 e. The fraction of sp³-hybridized carbons (Fsp3) is 0.447. The summed E-state index contributed by atoms with van der Waals surface area (Å²) in [7, 11) is 0. The Hall–Kier alpha value is -5.94. The van der Waals surface area contributed by atoms with Crippen molar-refractivity contribution in [2.24, 2.45) is 16.7 Å². The summed E-state index contributed by atoms with van der Waals surface area (Å²) in [6.07, 6.45) is -10.7. The molecule has 5 N–H and O–H groups in total. The molecule has 11 atom stereocenters. The average Bonchev–Trinajstić information content (AvgIpc) is 3.24. The number of fused-ring (bicyclic) bond motifs is 5. The van der Waals surface area contributed by atoms with Crippen LogP contribution in [0.3, 0.4) is 0 Å². The van der Waals surface area contributed by atoms with Gasteiger partial charge in [-0.1, -0.05) is 62.4 Å². The van der Waals surface area contributed by atoms with E-state index in [1.165, 1.54) is 50.2 Å². The van der Waals surface area contributed by atoms with Gasteiger partial charge in [0.25, 0.3) is 5.91 Å². The molecule has 2 unspecified atom stereocenters. The van der Waals surface area contributed by atoms with Crippen LogP contribution in [0.15, 0.2) is 96.1 Å². The number of ketones is 1. The van der Waals surface area contributed by atoms with Crippen molar-refractivity contribution in [1.82, 2.24) is 5.32 Å². The molecule has 1 saturated heterocycles. The van der Waals surface area contributed by atoms with E-state index in [0.29, 0.717) is 5.56 Å². The highest BCUT2D eigenvalue weighted by Gasteiger charge is 2.78. The maximum Gasteiger partial charge on any atom is 0.338 e. The van der Waals surface area contributed by atoms with Crippen molar-refractivity contribution >= 4 is 35.6 Å². The Kier molecular flexibility index (Phi) is 11.9. The monoisotopic (exact) mass is 869 g/mol. The van der Waals surface area contributed by atoms with Crippen molar-refractivity contribution in [2.75, 3.05) is 6.61 Å². The van der Waals surface area contributed by atoms with E-state index in [2.05, 4.69) is 5.32 Å². The quantitative estimate of drug-likeness (QED) is 0.111. The molecule has 3 aromatic rings. The minimum atomic E-state index is -2.41. The van der Waals surface area contributed by atoms with Gasteiger partial charge in [0.05, 0.1) is 35.6 Å². The number of aromatic hydroxyl groups is 1. The molecule has 2 bridgehead atoms. The molecule has 7 rings (SSSR count). The van der Waals surface area contributed by atoms with Gasteiger partial charge >= 0.3 is 23.9 Å². The van der Waals surface area contributed by atoms with Gasteiger partial charge in [-0.25, -0.2) is 9.59 Å². The van der Waals surface area contributed by atoms with Crippen LogP contribution in [0.5, 0.6) is 5.75 Å². The van der Waals surface area contributed by atoms with Gasteiger partial charge in [0.15, 0.2) is 23.6 Å². The van der Waals surface area contributed by atoms with Crippen molar-refractivity contribution < 1.29 is 72.9 Å². The molecule has 4 aliphatic rings. The molecule has 3 fully saturated rings. The van der Waals surface area contributed by atoms with Crippen LogP contribution in [0, 0.1) is 16.7 Å². The summed E-state index contributed by atoms with van der Waals surface area (Å²) in [5.41, 5.74) is -7.35. The number of aliphatic hydroxyl groups excluding tert-OH is 2. The lowest BCUT2D eigenvalue weighted by atomic mass is 9.44. The molecular weight excluding hydrogens is 819 g/mol. The van der Waals surface area contributed by atoms with E-state index in [0.717, 1.165) is 13.8 Å². The summed E-state index contributed by atoms with van der Waals surface area (Å²) in [6.45, 7) is 7.88. The van der Waals surface area contributed by atoms with E-state index >= 15 is 4.79 Å². The molecule has 1 amide bonds. The Morgan fingerprint density at radius 2 is 1.46 bits per heavy atom. The summed E-state index contributed by atoms with van der Waals surface area (Å²) in [5, 5.41) is 49.9. The molecule has 1 heterocycles. The molecule has 1 aliphatic heterocycles. The third-order valence-electron chi connectivity index (χ3n) is 13.6. The van der Waals surface area contributed by atoms with Crippen molar-refractivity contribution in [1.29, 1.82) is 0 Å². The van der Waals surface area contributed by atoms with Gasteiger partial charge in [0, 0.05) is 37.7 Å². The van der Waals surface area contributed by atoms with Gasteiger partial charge in [0.2, 0.25) is 0 Å². The predicted molar refractivity (Wildman–Crippen MR) is 219 cm³/mol.